The molecule has 1 unspecified atom stereocenters. The van der Waals surface area contributed by atoms with Crippen LogP contribution < -0.4 is 9.47 Å². The molecule has 0 radical (unpaired) electrons. The molecular formula is C19H27N3O3. The Morgan fingerprint density at radius 3 is 2.80 bits per heavy atom. The Balaban J connectivity index is 1.82. The van der Waals surface area contributed by atoms with Crippen LogP contribution in [-0.4, -0.2) is 52.7 Å². The van der Waals surface area contributed by atoms with Gasteiger partial charge in [-0.1, -0.05) is 0 Å². The first-order chi connectivity index (χ1) is 12.0. The van der Waals surface area contributed by atoms with E-state index in [0.29, 0.717) is 13.2 Å². The maximum Gasteiger partial charge on any atom is 0.161 e. The number of hydrogen-bond donors (Lipinski definition) is 1. The SMILES string of the molecule is CC(O)CCN(C)Cc1cn(C)nc1-c1ccc2c(c1)OCCCO2. The fourth-order valence-electron chi connectivity index (χ4n) is 2.98. The van der Waals surface area contributed by atoms with E-state index in [0.717, 1.165) is 54.3 Å². The summed E-state index contributed by atoms with van der Waals surface area (Å²) in [6.45, 7) is 4.81. The lowest BCUT2D eigenvalue weighted by atomic mass is 10.1. The number of aromatic nitrogens is 2. The van der Waals surface area contributed by atoms with Gasteiger partial charge in [0.1, 0.15) is 0 Å². The van der Waals surface area contributed by atoms with E-state index in [1.54, 1.807) is 0 Å². The number of rotatable bonds is 6. The summed E-state index contributed by atoms with van der Waals surface area (Å²) in [7, 11) is 4.00. The second-order valence-electron chi connectivity index (χ2n) is 6.76. The highest BCUT2D eigenvalue weighted by Crippen LogP contribution is 2.35. The van der Waals surface area contributed by atoms with Gasteiger partial charge in [0, 0.05) is 43.9 Å². The minimum Gasteiger partial charge on any atom is -0.490 e. The fourth-order valence-corrected chi connectivity index (χ4v) is 2.98. The van der Waals surface area contributed by atoms with Crippen LogP contribution in [0.5, 0.6) is 11.5 Å². The van der Waals surface area contributed by atoms with Gasteiger partial charge in [-0.2, -0.15) is 5.10 Å². The molecule has 0 fully saturated rings. The van der Waals surface area contributed by atoms with Crippen LogP contribution in [0.3, 0.4) is 0 Å². The van der Waals surface area contributed by atoms with E-state index in [4.69, 9.17) is 9.47 Å². The number of nitrogens with zero attached hydrogens (tertiary/aromatic N) is 3. The van der Waals surface area contributed by atoms with Crippen molar-refractivity contribution in [1.82, 2.24) is 14.7 Å². The maximum absolute atomic E-state index is 9.47. The molecule has 0 aliphatic carbocycles. The van der Waals surface area contributed by atoms with Gasteiger partial charge in [0.05, 0.1) is 25.0 Å². The molecule has 1 atom stereocenters. The van der Waals surface area contributed by atoms with Gasteiger partial charge in [0.2, 0.25) is 0 Å². The van der Waals surface area contributed by atoms with Crippen molar-refractivity contribution in [2.45, 2.75) is 32.4 Å². The Morgan fingerprint density at radius 2 is 2.04 bits per heavy atom. The Labute approximate surface area is 149 Å². The van der Waals surface area contributed by atoms with Crippen LogP contribution in [0.2, 0.25) is 0 Å². The quantitative estimate of drug-likeness (QED) is 0.871. The largest absolute Gasteiger partial charge is 0.490 e. The van der Waals surface area contributed by atoms with Crippen LogP contribution in [0, 0.1) is 0 Å². The molecule has 1 aliphatic rings. The van der Waals surface area contributed by atoms with Crippen molar-refractivity contribution in [3.05, 3.63) is 30.0 Å². The van der Waals surface area contributed by atoms with E-state index in [2.05, 4.69) is 23.2 Å². The van der Waals surface area contributed by atoms with Gasteiger partial charge in [-0.25, -0.2) is 0 Å². The molecule has 3 rings (SSSR count). The van der Waals surface area contributed by atoms with Crippen LogP contribution in [0.15, 0.2) is 24.4 Å². The second kappa shape index (κ2) is 7.89. The van der Waals surface area contributed by atoms with Crippen LogP contribution in [0.4, 0.5) is 0 Å². The van der Waals surface area contributed by atoms with E-state index < -0.39 is 0 Å². The molecule has 0 spiro atoms. The molecule has 0 amide bonds. The Kier molecular flexibility index (Phi) is 5.60. The average molecular weight is 345 g/mol. The van der Waals surface area contributed by atoms with E-state index >= 15 is 0 Å². The molecule has 2 aromatic rings. The third kappa shape index (κ3) is 4.52. The molecule has 1 aromatic carbocycles. The highest BCUT2D eigenvalue weighted by molar-refractivity contribution is 5.66. The molecule has 136 valence electrons. The summed E-state index contributed by atoms with van der Waals surface area (Å²) < 4.78 is 13.4. The van der Waals surface area contributed by atoms with E-state index in [1.807, 2.05) is 36.9 Å². The number of aliphatic hydroxyl groups excluding tert-OH is 1. The van der Waals surface area contributed by atoms with Crippen molar-refractivity contribution in [1.29, 1.82) is 0 Å². The molecule has 1 aliphatic heterocycles. The van der Waals surface area contributed by atoms with Gasteiger partial charge < -0.3 is 19.5 Å². The zero-order chi connectivity index (χ0) is 17.8. The highest BCUT2D eigenvalue weighted by atomic mass is 16.5. The first-order valence-corrected chi connectivity index (χ1v) is 8.82. The van der Waals surface area contributed by atoms with Crippen molar-refractivity contribution < 1.29 is 14.6 Å². The summed E-state index contributed by atoms with van der Waals surface area (Å²) in [4.78, 5) is 2.20. The number of fused-ring (bicyclic) bond motifs is 1. The molecule has 1 N–H and O–H groups in total. The van der Waals surface area contributed by atoms with Crippen LogP contribution in [0.1, 0.15) is 25.3 Å². The fraction of sp³-hybridized carbons (Fsp3) is 0.526. The summed E-state index contributed by atoms with van der Waals surface area (Å²) in [5, 5.41) is 14.1. The first kappa shape index (κ1) is 17.8. The lowest BCUT2D eigenvalue weighted by Gasteiger charge is -2.17. The van der Waals surface area contributed by atoms with Gasteiger partial charge in [-0.3, -0.25) is 4.68 Å². The standard InChI is InChI=1S/C19H27N3O3/c1-14(23)7-8-21(2)12-16-13-22(3)20-19(16)15-5-6-17-18(11-15)25-10-4-9-24-17/h5-6,11,13-14,23H,4,7-10,12H2,1-3H3. The zero-order valence-electron chi connectivity index (χ0n) is 15.2. The molecule has 1 aromatic heterocycles. The zero-order valence-corrected chi connectivity index (χ0v) is 15.2. The lowest BCUT2D eigenvalue weighted by Crippen LogP contribution is -2.22. The highest BCUT2D eigenvalue weighted by Gasteiger charge is 2.16. The van der Waals surface area contributed by atoms with Gasteiger partial charge in [-0.15, -0.1) is 0 Å². The predicted molar refractivity (Wildman–Crippen MR) is 96.9 cm³/mol. The number of benzene rings is 1. The third-order valence-corrected chi connectivity index (χ3v) is 4.29. The Hall–Kier alpha value is -2.05. The van der Waals surface area contributed by atoms with Gasteiger partial charge >= 0.3 is 0 Å². The van der Waals surface area contributed by atoms with E-state index in [9.17, 15) is 5.11 Å². The van der Waals surface area contributed by atoms with Crippen molar-refractivity contribution in [2.24, 2.45) is 7.05 Å². The topological polar surface area (TPSA) is 59.8 Å². The van der Waals surface area contributed by atoms with Crippen LogP contribution in [0.25, 0.3) is 11.3 Å². The minimum absolute atomic E-state index is 0.280. The molecular weight excluding hydrogens is 318 g/mol. The average Bonchev–Trinajstić information content (AvgIpc) is 2.79. The lowest BCUT2D eigenvalue weighted by molar-refractivity contribution is 0.163. The van der Waals surface area contributed by atoms with Crippen molar-refractivity contribution >= 4 is 0 Å². The number of aryl methyl sites for hydroxylation is 1. The summed E-state index contributed by atoms with van der Waals surface area (Å²) in [5.41, 5.74) is 3.15. The van der Waals surface area contributed by atoms with E-state index in [1.165, 1.54) is 0 Å². The smallest absolute Gasteiger partial charge is 0.161 e. The van der Waals surface area contributed by atoms with Gasteiger partial charge in [0.15, 0.2) is 11.5 Å². The minimum atomic E-state index is -0.280. The molecule has 0 bridgehead atoms. The second-order valence-corrected chi connectivity index (χ2v) is 6.76. The normalized spacial score (nSPS) is 15.2. The summed E-state index contributed by atoms with van der Waals surface area (Å²) in [6.07, 6.45) is 3.43. The molecule has 6 nitrogen and oxygen atoms in total. The first-order valence-electron chi connectivity index (χ1n) is 8.82. The Bertz CT molecular complexity index is 712. The molecule has 0 saturated carbocycles. The van der Waals surface area contributed by atoms with Crippen molar-refractivity contribution in [2.75, 3.05) is 26.8 Å². The monoisotopic (exact) mass is 345 g/mol. The molecule has 0 saturated heterocycles. The summed E-state index contributed by atoms with van der Waals surface area (Å²) >= 11 is 0. The van der Waals surface area contributed by atoms with Gasteiger partial charge in [0.25, 0.3) is 0 Å². The van der Waals surface area contributed by atoms with Crippen LogP contribution >= 0.6 is 0 Å². The van der Waals surface area contributed by atoms with E-state index in [-0.39, 0.29) is 6.10 Å². The summed E-state index contributed by atoms with van der Waals surface area (Å²) in [6, 6.07) is 6.02. The summed E-state index contributed by atoms with van der Waals surface area (Å²) in [5.74, 6) is 1.59. The van der Waals surface area contributed by atoms with Crippen molar-refractivity contribution in [3.63, 3.8) is 0 Å². The van der Waals surface area contributed by atoms with Crippen molar-refractivity contribution in [3.8, 4) is 22.8 Å². The predicted octanol–water partition coefficient (Wildman–Crippen LogP) is 2.45. The Morgan fingerprint density at radius 1 is 1.28 bits per heavy atom. The molecule has 2 heterocycles. The number of ether oxygens (including phenoxy) is 2. The molecule has 25 heavy (non-hydrogen) atoms. The maximum atomic E-state index is 9.47. The third-order valence-electron chi connectivity index (χ3n) is 4.29. The van der Waals surface area contributed by atoms with Crippen LogP contribution in [-0.2, 0) is 13.6 Å². The number of hydrogen-bond acceptors (Lipinski definition) is 5. The van der Waals surface area contributed by atoms with Gasteiger partial charge in [-0.05, 0) is 38.6 Å². The number of aliphatic hydroxyl groups is 1. The molecule has 6 heteroatoms.